The molecule has 0 amide bonds. The third-order valence-electron chi connectivity index (χ3n) is 3.83. The van der Waals surface area contributed by atoms with Crippen LogP contribution < -0.4 is 5.32 Å². The van der Waals surface area contributed by atoms with Gasteiger partial charge in [-0.15, -0.1) is 0 Å². The van der Waals surface area contributed by atoms with Crippen LogP contribution in [0.25, 0.3) is 4.96 Å². The maximum Gasteiger partial charge on any atom is 0.325 e. The lowest BCUT2D eigenvalue weighted by atomic mass is 10.1. The zero-order chi connectivity index (χ0) is 17.3. The summed E-state index contributed by atoms with van der Waals surface area (Å²) in [6.45, 7) is 6.49. The Labute approximate surface area is 144 Å². The first kappa shape index (κ1) is 16.6. The van der Waals surface area contributed by atoms with Gasteiger partial charge in [-0.05, 0) is 18.4 Å². The lowest BCUT2D eigenvalue weighted by Gasteiger charge is -2.15. The van der Waals surface area contributed by atoms with Gasteiger partial charge in [-0.1, -0.05) is 55.5 Å². The van der Waals surface area contributed by atoms with Crippen LogP contribution in [0.15, 0.2) is 30.3 Å². The first-order valence-electron chi connectivity index (χ1n) is 7.83. The third-order valence-corrected chi connectivity index (χ3v) is 4.65. The largest absolute Gasteiger partial charge is 0.480 e. The van der Waals surface area contributed by atoms with Gasteiger partial charge in [0.1, 0.15) is 11.0 Å². The summed E-state index contributed by atoms with van der Waals surface area (Å²) < 4.78 is 1.83. The molecule has 0 saturated carbocycles. The topological polar surface area (TPSA) is 79.5 Å². The molecule has 7 heteroatoms. The maximum atomic E-state index is 11.6. The Bertz CT molecular complexity index is 854. The van der Waals surface area contributed by atoms with E-state index >= 15 is 0 Å². The molecule has 0 fully saturated rings. The highest BCUT2D eigenvalue weighted by molar-refractivity contribution is 7.16. The molecule has 24 heavy (non-hydrogen) atoms. The van der Waals surface area contributed by atoms with Gasteiger partial charge in [0.25, 0.3) is 0 Å². The molecule has 0 saturated heterocycles. The van der Waals surface area contributed by atoms with Crippen molar-refractivity contribution in [2.24, 2.45) is 0 Å². The number of carboxylic acid groups (broad SMARTS) is 1. The predicted octanol–water partition coefficient (Wildman–Crippen LogP) is 3.14. The highest BCUT2D eigenvalue weighted by atomic mass is 32.1. The summed E-state index contributed by atoms with van der Waals surface area (Å²) in [5.74, 6) is -0.654. The lowest BCUT2D eigenvalue weighted by Crippen LogP contribution is -2.29. The molecule has 0 aliphatic heterocycles. The van der Waals surface area contributed by atoms with Crippen LogP contribution in [-0.4, -0.2) is 25.7 Å². The van der Waals surface area contributed by atoms with Crippen molar-refractivity contribution in [2.45, 2.75) is 39.3 Å². The summed E-state index contributed by atoms with van der Waals surface area (Å²) in [6, 6.07) is 8.41. The van der Waals surface area contributed by atoms with E-state index in [4.69, 9.17) is 0 Å². The minimum atomic E-state index is -0.900. The molecule has 0 aliphatic rings. The monoisotopic (exact) mass is 344 g/mol. The zero-order valence-corrected chi connectivity index (χ0v) is 14.7. The van der Waals surface area contributed by atoms with Gasteiger partial charge in [-0.3, -0.25) is 10.1 Å². The second kappa shape index (κ2) is 6.70. The Kier molecular flexibility index (Phi) is 4.64. The molecule has 1 aromatic carbocycles. The van der Waals surface area contributed by atoms with E-state index in [1.807, 2.05) is 41.8 Å². The van der Waals surface area contributed by atoms with Gasteiger partial charge in [0.15, 0.2) is 0 Å². The van der Waals surface area contributed by atoms with Crippen LogP contribution in [0.1, 0.15) is 47.8 Å². The van der Waals surface area contributed by atoms with Crippen LogP contribution in [0.4, 0.5) is 0 Å². The minimum absolute atomic E-state index is 0.246. The Balaban J connectivity index is 1.91. The number of imidazole rings is 1. The quantitative estimate of drug-likeness (QED) is 0.718. The number of fused-ring (bicyclic) bond motifs is 1. The number of nitrogens with zero attached hydrogens (tertiary/aromatic N) is 3. The molecule has 2 N–H and O–H groups in total. The molecule has 1 atom stereocenters. The SMILES string of the molecule is Cc1nn2c(CN[C@H](C(=O)O)c3ccccc3)c(C(C)C)nc2s1. The number of hydrogen-bond acceptors (Lipinski definition) is 5. The molecule has 3 aromatic rings. The Morgan fingerprint density at radius 3 is 2.67 bits per heavy atom. The van der Waals surface area contributed by atoms with Crippen molar-refractivity contribution < 1.29 is 9.90 Å². The van der Waals surface area contributed by atoms with E-state index in [-0.39, 0.29) is 5.92 Å². The summed E-state index contributed by atoms with van der Waals surface area (Å²) in [7, 11) is 0. The van der Waals surface area contributed by atoms with Crippen LogP contribution in [0.2, 0.25) is 0 Å². The Morgan fingerprint density at radius 1 is 1.33 bits per heavy atom. The minimum Gasteiger partial charge on any atom is -0.480 e. The molecule has 0 spiro atoms. The Hall–Kier alpha value is -2.25. The second-order valence-corrected chi connectivity index (χ2v) is 7.14. The van der Waals surface area contributed by atoms with E-state index in [0.717, 1.165) is 26.9 Å². The number of aliphatic carboxylic acids is 1. The molecule has 0 bridgehead atoms. The normalized spacial score (nSPS) is 12.8. The number of nitrogens with one attached hydrogen (secondary N) is 1. The van der Waals surface area contributed by atoms with Crippen molar-refractivity contribution in [2.75, 3.05) is 0 Å². The summed E-state index contributed by atoms with van der Waals surface area (Å²) in [5.41, 5.74) is 2.61. The fourth-order valence-electron chi connectivity index (χ4n) is 2.72. The smallest absolute Gasteiger partial charge is 0.325 e. The number of rotatable bonds is 6. The van der Waals surface area contributed by atoms with Crippen molar-refractivity contribution in [1.29, 1.82) is 0 Å². The van der Waals surface area contributed by atoms with Crippen LogP contribution in [0.3, 0.4) is 0 Å². The molecule has 3 rings (SSSR count). The van der Waals surface area contributed by atoms with E-state index in [0.29, 0.717) is 6.54 Å². The molecule has 126 valence electrons. The summed E-state index contributed by atoms with van der Waals surface area (Å²) in [5, 5.41) is 18.1. The number of hydrogen-bond donors (Lipinski definition) is 2. The van der Waals surface area contributed by atoms with Crippen molar-refractivity contribution >= 4 is 22.3 Å². The fraction of sp³-hybridized carbons (Fsp3) is 0.353. The van der Waals surface area contributed by atoms with E-state index in [1.165, 1.54) is 11.3 Å². The van der Waals surface area contributed by atoms with Gasteiger partial charge in [-0.2, -0.15) is 5.10 Å². The Morgan fingerprint density at radius 2 is 2.04 bits per heavy atom. The number of aromatic nitrogens is 3. The molecule has 2 heterocycles. The van der Waals surface area contributed by atoms with E-state index in [2.05, 4.69) is 29.2 Å². The molecular formula is C17H20N4O2S. The first-order valence-corrected chi connectivity index (χ1v) is 8.65. The first-order chi connectivity index (χ1) is 11.5. The van der Waals surface area contributed by atoms with E-state index in [9.17, 15) is 9.90 Å². The maximum absolute atomic E-state index is 11.6. The summed E-state index contributed by atoms with van der Waals surface area (Å²) >= 11 is 1.54. The summed E-state index contributed by atoms with van der Waals surface area (Å²) in [4.78, 5) is 17.2. The molecule has 0 radical (unpaired) electrons. The molecule has 0 aliphatic carbocycles. The molecule has 6 nitrogen and oxygen atoms in total. The second-order valence-electron chi connectivity index (χ2n) is 5.98. The van der Waals surface area contributed by atoms with Gasteiger partial charge in [-0.25, -0.2) is 9.50 Å². The number of benzene rings is 1. The highest BCUT2D eigenvalue weighted by Crippen LogP contribution is 2.24. The average molecular weight is 344 g/mol. The number of carbonyl (C=O) groups is 1. The van der Waals surface area contributed by atoms with Gasteiger partial charge >= 0.3 is 5.97 Å². The highest BCUT2D eigenvalue weighted by Gasteiger charge is 2.22. The lowest BCUT2D eigenvalue weighted by molar-refractivity contribution is -0.139. The van der Waals surface area contributed by atoms with E-state index < -0.39 is 12.0 Å². The van der Waals surface area contributed by atoms with Crippen LogP contribution in [0, 0.1) is 6.92 Å². The number of carboxylic acids is 1. The van der Waals surface area contributed by atoms with E-state index in [1.54, 1.807) is 0 Å². The molecular weight excluding hydrogens is 324 g/mol. The zero-order valence-electron chi connectivity index (χ0n) is 13.9. The van der Waals surface area contributed by atoms with Crippen LogP contribution >= 0.6 is 11.3 Å². The molecule has 2 aromatic heterocycles. The fourth-order valence-corrected chi connectivity index (χ4v) is 3.49. The van der Waals surface area contributed by atoms with Crippen LogP contribution in [-0.2, 0) is 11.3 Å². The van der Waals surface area contributed by atoms with Crippen molar-refractivity contribution in [1.82, 2.24) is 19.9 Å². The van der Waals surface area contributed by atoms with Crippen molar-refractivity contribution in [3.8, 4) is 0 Å². The average Bonchev–Trinajstić information content (AvgIpc) is 3.05. The van der Waals surface area contributed by atoms with Gasteiger partial charge < -0.3 is 5.11 Å². The standard InChI is InChI=1S/C17H20N4O2S/c1-10(2)14-13(21-17(19-14)24-11(3)20-21)9-18-15(16(22)23)12-7-5-4-6-8-12/h4-8,10,15,18H,9H2,1-3H3,(H,22,23)/t15-/m0/s1. The third kappa shape index (κ3) is 3.18. The molecule has 0 unspecified atom stereocenters. The van der Waals surface area contributed by atoms with Gasteiger partial charge in [0.05, 0.1) is 11.4 Å². The summed E-state index contributed by atoms with van der Waals surface area (Å²) in [6.07, 6.45) is 0. The van der Waals surface area contributed by atoms with Gasteiger partial charge in [0, 0.05) is 6.54 Å². The van der Waals surface area contributed by atoms with Crippen molar-refractivity contribution in [3.05, 3.63) is 52.3 Å². The van der Waals surface area contributed by atoms with Gasteiger partial charge in [0.2, 0.25) is 4.96 Å². The van der Waals surface area contributed by atoms with Crippen LogP contribution in [0.5, 0.6) is 0 Å². The predicted molar refractivity (Wildman–Crippen MR) is 93.3 cm³/mol. The van der Waals surface area contributed by atoms with Crippen molar-refractivity contribution in [3.63, 3.8) is 0 Å². The number of aryl methyl sites for hydroxylation is 1.